The largest absolute Gasteiger partial charge is 0.324 e. The van der Waals surface area contributed by atoms with Gasteiger partial charge in [-0.1, -0.05) is 42.0 Å². The first-order valence-corrected chi connectivity index (χ1v) is 9.41. The Bertz CT molecular complexity index is 811. The van der Waals surface area contributed by atoms with Crippen LogP contribution in [0.15, 0.2) is 48.5 Å². The molecule has 0 unspecified atom stereocenters. The summed E-state index contributed by atoms with van der Waals surface area (Å²) in [6.07, 6.45) is 0. The number of carbonyl (C=O) groups is 2. The van der Waals surface area contributed by atoms with E-state index >= 15 is 0 Å². The summed E-state index contributed by atoms with van der Waals surface area (Å²) in [5, 5.41) is 2.88. The maximum atomic E-state index is 12.4. The Balaban J connectivity index is 1.48. The minimum Gasteiger partial charge on any atom is -0.324 e. The molecule has 142 valence electrons. The Morgan fingerprint density at radius 1 is 0.963 bits per heavy atom. The van der Waals surface area contributed by atoms with Gasteiger partial charge in [0.25, 0.3) is 0 Å². The number of amides is 1. The van der Waals surface area contributed by atoms with Crippen LogP contribution >= 0.6 is 0 Å². The number of hydrogen-bond donors (Lipinski definition) is 1. The van der Waals surface area contributed by atoms with E-state index in [9.17, 15) is 9.59 Å². The lowest BCUT2D eigenvalue weighted by atomic mass is 10.1. The van der Waals surface area contributed by atoms with Crippen LogP contribution in [0, 0.1) is 6.92 Å². The van der Waals surface area contributed by atoms with Crippen LogP contribution < -0.4 is 5.32 Å². The molecule has 2 aromatic carbocycles. The number of carbonyl (C=O) groups excluding carboxylic acids is 2. The minimum absolute atomic E-state index is 0.0457. The van der Waals surface area contributed by atoms with Crippen molar-refractivity contribution >= 4 is 17.4 Å². The number of Topliss-reactive ketones (excluding diaryl/α,β-unsaturated/α-hetero) is 1. The van der Waals surface area contributed by atoms with Gasteiger partial charge in [0.2, 0.25) is 5.91 Å². The van der Waals surface area contributed by atoms with Crippen molar-refractivity contribution in [3.8, 4) is 0 Å². The smallest absolute Gasteiger partial charge is 0.238 e. The molecule has 0 bridgehead atoms. The van der Waals surface area contributed by atoms with Crippen molar-refractivity contribution in [2.45, 2.75) is 20.4 Å². The summed E-state index contributed by atoms with van der Waals surface area (Å²) in [5.74, 6) is -0.119. The van der Waals surface area contributed by atoms with Crippen LogP contribution in [0.1, 0.15) is 28.4 Å². The van der Waals surface area contributed by atoms with Gasteiger partial charge >= 0.3 is 0 Å². The average molecular weight is 365 g/mol. The number of nitrogens with zero attached hydrogens (tertiary/aromatic N) is 2. The van der Waals surface area contributed by atoms with Crippen molar-refractivity contribution in [2.75, 3.05) is 38.0 Å². The number of para-hydroxylation sites is 1. The Morgan fingerprint density at radius 3 is 2.37 bits per heavy atom. The van der Waals surface area contributed by atoms with Crippen molar-refractivity contribution in [1.82, 2.24) is 9.80 Å². The number of hydrogen-bond acceptors (Lipinski definition) is 4. The molecule has 5 heteroatoms. The van der Waals surface area contributed by atoms with E-state index in [-0.39, 0.29) is 11.7 Å². The van der Waals surface area contributed by atoms with Crippen LogP contribution in [0.25, 0.3) is 0 Å². The highest BCUT2D eigenvalue weighted by Crippen LogP contribution is 2.16. The summed E-state index contributed by atoms with van der Waals surface area (Å²) < 4.78 is 0. The number of aryl methyl sites for hydroxylation is 1. The van der Waals surface area contributed by atoms with Crippen LogP contribution in [-0.4, -0.2) is 54.2 Å². The lowest BCUT2D eigenvalue weighted by Gasteiger charge is -2.34. The molecule has 1 aliphatic heterocycles. The standard InChI is InChI=1S/C22H27N3O2/c1-17-6-5-7-19(14-17)15-24-10-12-25(13-11-24)16-22(27)23-21-9-4-3-8-20(21)18(2)26/h3-9,14H,10-13,15-16H2,1-2H3,(H,23,27). The van der Waals surface area contributed by atoms with Gasteiger partial charge in [0.05, 0.1) is 12.2 Å². The number of piperazine rings is 1. The van der Waals surface area contributed by atoms with Gasteiger partial charge in [0.1, 0.15) is 0 Å². The molecular weight excluding hydrogens is 338 g/mol. The highest BCUT2D eigenvalue weighted by molar-refractivity contribution is 6.04. The number of rotatable bonds is 6. The normalized spacial score (nSPS) is 15.5. The predicted molar refractivity (Wildman–Crippen MR) is 108 cm³/mol. The minimum atomic E-state index is -0.0733. The fraction of sp³-hybridized carbons (Fsp3) is 0.364. The average Bonchev–Trinajstić information content (AvgIpc) is 2.63. The molecule has 1 aliphatic rings. The monoisotopic (exact) mass is 365 g/mol. The maximum absolute atomic E-state index is 12.4. The SMILES string of the molecule is CC(=O)c1ccccc1NC(=O)CN1CCN(Cc2cccc(C)c2)CC1. The van der Waals surface area contributed by atoms with E-state index in [4.69, 9.17) is 0 Å². The zero-order valence-corrected chi connectivity index (χ0v) is 16.1. The fourth-order valence-electron chi connectivity index (χ4n) is 3.47. The van der Waals surface area contributed by atoms with Crippen molar-refractivity contribution in [1.29, 1.82) is 0 Å². The van der Waals surface area contributed by atoms with Gasteiger partial charge in [-0.2, -0.15) is 0 Å². The van der Waals surface area contributed by atoms with Gasteiger partial charge in [-0.3, -0.25) is 19.4 Å². The molecule has 0 saturated carbocycles. The third-order valence-corrected chi connectivity index (χ3v) is 4.90. The van der Waals surface area contributed by atoms with Gasteiger partial charge in [-0.05, 0) is 31.5 Å². The second kappa shape index (κ2) is 8.93. The lowest BCUT2D eigenvalue weighted by molar-refractivity contribution is -0.117. The topological polar surface area (TPSA) is 52.7 Å². The Kier molecular flexibility index (Phi) is 6.37. The van der Waals surface area contributed by atoms with Crippen molar-refractivity contribution in [3.05, 3.63) is 65.2 Å². The first-order chi connectivity index (χ1) is 13.0. The first-order valence-electron chi connectivity index (χ1n) is 9.41. The van der Waals surface area contributed by atoms with Crippen molar-refractivity contribution < 1.29 is 9.59 Å². The van der Waals surface area contributed by atoms with Crippen LogP contribution in [0.5, 0.6) is 0 Å². The maximum Gasteiger partial charge on any atom is 0.238 e. The van der Waals surface area contributed by atoms with E-state index in [2.05, 4.69) is 46.3 Å². The molecule has 0 radical (unpaired) electrons. The molecule has 1 heterocycles. The molecule has 27 heavy (non-hydrogen) atoms. The summed E-state index contributed by atoms with van der Waals surface area (Å²) in [5.41, 5.74) is 3.76. The fourth-order valence-corrected chi connectivity index (χ4v) is 3.47. The summed E-state index contributed by atoms with van der Waals surface area (Å²) in [6, 6.07) is 15.8. The molecule has 2 aromatic rings. The molecule has 1 saturated heterocycles. The second-order valence-electron chi connectivity index (χ2n) is 7.19. The molecular formula is C22H27N3O2. The predicted octanol–water partition coefficient (Wildman–Crippen LogP) is 2.95. The van der Waals surface area contributed by atoms with Crippen LogP contribution in [0.3, 0.4) is 0 Å². The number of nitrogens with one attached hydrogen (secondary N) is 1. The highest BCUT2D eigenvalue weighted by Gasteiger charge is 2.19. The summed E-state index contributed by atoms with van der Waals surface area (Å²) in [7, 11) is 0. The molecule has 0 aromatic heterocycles. The third-order valence-electron chi connectivity index (χ3n) is 4.90. The van der Waals surface area contributed by atoms with E-state index < -0.39 is 0 Å². The van der Waals surface area contributed by atoms with E-state index in [1.165, 1.54) is 18.1 Å². The number of benzene rings is 2. The molecule has 0 aliphatic carbocycles. The van der Waals surface area contributed by atoms with Gasteiger partial charge in [-0.25, -0.2) is 0 Å². The third kappa shape index (κ3) is 5.49. The highest BCUT2D eigenvalue weighted by atomic mass is 16.2. The van der Waals surface area contributed by atoms with Gasteiger partial charge in [0.15, 0.2) is 5.78 Å². The Morgan fingerprint density at radius 2 is 1.67 bits per heavy atom. The molecule has 0 atom stereocenters. The van der Waals surface area contributed by atoms with Crippen molar-refractivity contribution in [2.24, 2.45) is 0 Å². The van der Waals surface area contributed by atoms with Gasteiger partial charge in [0, 0.05) is 38.3 Å². The molecule has 0 spiro atoms. The molecule has 5 nitrogen and oxygen atoms in total. The molecule has 1 amide bonds. The van der Waals surface area contributed by atoms with Crippen LogP contribution in [-0.2, 0) is 11.3 Å². The van der Waals surface area contributed by atoms with E-state index in [0.717, 1.165) is 32.7 Å². The zero-order chi connectivity index (χ0) is 19.2. The quantitative estimate of drug-likeness (QED) is 0.800. The Hall–Kier alpha value is -2.50. The van der Waals surface area contributed by atoms with E-state index in [1.54, 1.807) is 18.2 Å². The van der Waals surface area contributed by atoms with Crippen LogP contribution in [0.4, 0.5) is 5.69 Å². The number of ketones is 1. The summed E-state index contributed by atoms with van der Waals surface area (Å²) in [6.45, 7) is 8.57. The first kappa shape index (κ1) is 19.3. The molecule has 1 fully saturated rings. The van der Waals surface area contributed by atoms with Crippen LogP contribution in [0.2, 0.25) is 0 Å². The number of anilines is 1. The lowest BCUT2D eigenvalue weighted by Crippen LogP contribution is -2.48. The van der Waals surface area contributed by atoms with E-state index in [1.807, 2.05) is 6.07 Å². The Labute approximate surface area is 161 Å². The summed E-state index contributed by atoms with van der Waals surface area (Å²) in [4.78, 5) is 28.7. The molecule has 3 rings (SSSR count). The van der Waals surface area contributed by atoms with Crippen molar-refractivity contribution in [3.63, 3.8) is 0 Å². The second-order valence-corrected chi connectivity index (χ2v) is 7.19. The van der Waals surface area contributed by atoms with Gasteiger partial charge in [-0.15, -0.1) is 0 Å². The summed E-state index contributed by atoms with van der Waals surface area (Å²) >= 11 is 0. The zero-order valence-electron chi connectivity index (χ0n) is 16.1. The van der Waals surface area contributed by atoms with E-state index in [0.29, 0.717) is 17.8 Å². The molecule has 1 N–H and O–H groups in total. The van der Waals surface area contributed by atoms with Gasteiger partial charge < -0.3 is 5.32 Å².